The Morgan fingerprint density at radius 3 is 2.11 bits per heavy atom. The molecule has 2 atom stereocenters. The molecule has 0 heterocycles. The number of anilines is 1. The summed E-state index contributed by atoms with van der Waals surface area (Å²) in [7, 11) is -2.12. The highest BCUT2D eigenvalue weighted by atomic mass is 32.2. The quantitative estimate of drug-likeness (QED) is 0.733. The lowest BCUT2D eigenvalue weighted by molar-refractivity contribution is -0.122. The van der Waals surface area contributed by atoms with E-state index in [1.807, 2.05) is 31.2 Å². The van der Waals surface area contributed by atoms with Crippen molar-refractivity contribution in [2.24, 2.45) is 0 Å². The van der Waals surface area contributed by atoms with Gasteiger partial charge in [0.25, 0.3) is 0 Å². The van der Waals surface area contributed by atoms with Gasteiger partial charge in [0.1, 0.15) is 11.8 Å². The van der Waals surface area contributed by atoms with Crippen molar-refractivity contribution in [3.63, 3.8) is 0 Å². The fourth-order valence-corrected chi connectivity index (χ4v) is 4.17. The Morgan fingerprint density at radius 1 is 1.07 bits per heavy atom. The highest BCUT2D eigenvalue weighted by molar-refractivity contribution is 7.92. The van der Waals surface area contributed by atoms with Crippen LogP contribution >= 0.6 is 0 Å². The first-order chi connectivity index (χ1) is 13.2. The van der Waals surface area contributed by atoms with Gasteiger partial charge in [-0.05, 0) is 55.7 Å². The summed E-state index contributed by atoms with van der Waals surface area (Å²) in [6, 6.07) is 13.4. The Labute approximate surface area is 167 Å². The van der Waals surface area contributed by atoms with Crippen molar-refractivity contribution < 1.29 is 17.9 Å². The first kappa shape index (κ1) is 21.8. The highest BCUT2D eigenvalue weighted by Crippen LogP contribution is 2.24. The molecule has 0 bridgehead atoms. The van der Waals surface area contributed by atoms with Gasteiger partial charge in [-0.25, -0.2) is 8.42 Å². The number of nitrogens with zero attached hydrogens (tertiary/aromatic N) is 1. The first-order valence-electron chi connectivity index (χ1n) is 9.20. The molecule has 0 unspecified atom stereocenters. The van der Waals surface area contributed by atoms with Crippen molar-refractivity contribution in [3.05, 3.63) is 59.7 Å². The molecule has 0 aliphatic heterocycles. The molecule has 0 aromatic heterocycles. The Bertz CT molecular complexity index is 893. The van der Waals surface area contributed by atoms with Crippen LogP contribution in [0.4, 0.5) is 5.69 Å². The second-order valence-corrected chi connectivity index (χ2v) is 8.62. The van der Waals surface area contributed by atoms with Gasteiger partial charge in [0.2, 0.25) is 15.9 Å². The number of nitrogens with one attached hydrogen (secondary N) is 1. The lowest BCUT2D eigenvalue weighted by Crippen LogP contribution is -2.48. The maximum atomic E-state index is 12.8. The Morgan fingerprint density at radius 2 is 1.64 bits per heavy atom. The zero-order chi connectivity index (χ0) is 20.9. The third-order valence-corrected chi connectivity index (χ3v) is 5.90. The summed E-state index contributed by atoms with van der Waals surface area (Å²) in [4.78, 5) is 12.8. The monoisotopic (exact) mass is 404 g/mol. The van der Waals surface area contributed by atoms with E-state index in [0.717, 1.165) is 22.5 Å². The number of amides is 1. The van der Waals surface area contributed by atoms with Crippen LogP contribution in [0.3, 0.4) is 0 Å². The van der Waals surface area contributed by atoms with Crippen molar-refractivity contribution in [2.45, 2.75) is 39.3 Å². The molecule has 28 heavy (non-hydrogen) atoms. The van der Waals surface area contributed by atoms with Crippen LogP contribution in [0.5, 0.6) is 5.75 Å². The van der Waals surface area contributed by atoms with Crippen LogP contribution < -0.4 is 14.4 Å². The molecule has 0 saturated heterocycles. The van der Waals surface area contributed by atoms with E-state index < -0.39 is 16.1 Å². The van der Waals surface area contributed by atoms with Crippen LogP contribution in [-0.4, -0.2) is 33.7 Å². The van der Waals surface area contributed by atoms with E-state index >= 15 is 0 Å². The van der Waals surface area contributed by atoms with E-state index in [1.54, 1.807) is 31.2 Å². The average molecular weight is 405 g/mol. The Kier molecular flexibility index (Phi) is 7.07. The topological polar surface area (TPSA) is 75.7 Å². The molecule has 0 spiro atoms. The molecular weight excluding hydrogens is 376 g/mol. The normalized spacial score (nSPS) is 13.5. The molecule has 2 aromatic rings. The van der Waals surface area contributed by atoms with Crippen molar-refractivity contribution in [3.8, 4) is 5.75 Å². The maximum Gasteiger partial charge on any atom is 0.244 e. The van der Waals surface area contributed by atoms with E-state index in [0.29, 0.717) is 11.4 Å². The van der Waals surface area contributed by atoms with Gasteiger partial charge in [-0.1, -0.05) is 31.2 Å². The molecule has 0 aliphatic carbocycles. The highest BCUT2D eigenvalue weighted by Gasteiger charge is 2.29. The molecule has 152 valence electrons. The number of carbonyl (C=O) groups is 1. The molecule has 6 nitrogen and oxygen atoms in total. The van der Waals surface area contributed by atoms with Gasteiger partial charge in [0.15, 0.2) is 0 Å². The molecule has 1 N–H and O–H groups in total. The largest absolute Gasteiger partial charge is 0.497 e. The van der Waals surface area contributed by atoms with Crippen molar-refractivity contribution in [1.29, 1.82) is 0 Å². The summed E-state index contributed by atoms with van der Waals surface area (Å²) in [5.41, 5.74) is 2.59. The number of hydrogen-bond donors (Lipinski definition) is 1. The number of hydrogen-bond acceptors (Lipinski definition) is 4. The van der Waals surface area contributed by atoms with Crippen molar-refractivity contribution in [2.75, 3.05) is 17.7 Å². The van der Waals surface area contributed by atoms with Gasteiger partial charge in [0, 0.05) is 0 Å². The fourth-order valence-electron chi connectivity index (χ4n) is 3.00. The second-order valence-electron chi connectivity index (χ2n) is 6.76. The zero-order valence-electron chi connectivity index (χ0n) is 17.0. The van der Waals surface area contributed by atoms with Gasteiger partial charge in [0.05, 0.1) is 25.1 Å². The zero-order valence-corrected chi connectivity index (χ0v) is 17.8. The summed E-state index contributed by atoms with van der Waals surface area (Å²) >= 11 is 0. The average Bonchev–Trinajstić information content (AvgIpc) is 2.67. The van der Waals surface area contributed by atoms with Gasteiger partial charge < -0.3 is 10.1 Å². The van der Waals surface area contributed by atoms with Crippen molar-refractivity contribution >= 4 is 21.6 Å². The summed E-state index contributed by atoms with van der Waals surface area (Å²) in [5.74, 6) is 0.242. The second kappa shape index (κ2) is 9.10. The Balaban J connectivity index is 2.20. The number of rotatable bonds is 8. The molecule has 0 radical (unpaired) electrons. The summed E-state index contributed by atoms with van der Waals surface area (Å²) in [5, 5.41) is 2.91. The molecule has 2 rings (SSSR count). The van der Waals surface area contributed by atoms with Crippen LogP contribution in [0, 0.1) is 0 Å². The van der Waals surface area contributed by atoms with Gasteiger partial charge in [-0.3, -0.25) is 9.10 Å². The van der Waals surface area contributed by atoms with E-state index in [4.69, 9.17) is 4.74 Å². The predicted molar refractivity (Wildman–Crippen MR) is 112 cm³/mol. The van der Waals surface area contributed by atoms with E-state index in [2.05, 4.69) is 12.2 Å². The lowest BCUT2D eigenvalue weighted by Gasteiger charge is -2.29. The first-order valence-corrected chi connectivity index (χ1v) is 11.0. The molecular formula is C21H28N2O4S. The smallest absolute Gasteiger partial charge is 0.244 e. The molecule has 1 amide bonds. The standard InChI is InChI=1S/C21H28N2O4S/c1-6-17-7-9-18(10-8-17)15(2)22-21(24)16(3)23(28(5,25)26)19-11-13-20(27-4)14-12-19/h7-16H,6H2,1-5H3,(H,22,24)/t15-,16-/m1/s1. The number of methoxy groups -OCH3 is 1. The molecule has 0 aliphatic rings. The minimum Gasteiger partial charge on any atom is -0.497 e. The van der Waals surface area contributed by atoms with Crippen LogP contribution in [0.1, 0.15) is 37.9 Å². The minimum atomic E-state index is -3.66. The van der Waals surface area contributed by atoms with Crippen LogP contribution in [0.25, 0.3) is 0 Å². The van der Waals surface area contributed by atoms with Crippen LogP contribution in [-0.2, 0) is 21.2 Å². The summed E-state index contributed by atoms with van der Waals surface area (Å²) in [6.45, 7) is 5.54. The molecule has 7 heteroatoms. The predicted octanol–water partition coefficient (Wildman–Crippen LogP) is 3.29. The lowest BCUT2D eigenvalue weighted by atomic mass is 10.0. The number of benzene rings is 2. The third kappa shape index (κ3) is 5.25. The number of ether oxygens (including phenoxy) is 1. The summed E-state index contributed by atoms with van der Waals surface area (Å²) < 4.78 is 31.0. The van der Waals surface area contributed by atoms with E-state index in [-0.39, 0.29) is 11.9 Å². The molecule has 0 fully saturated rings. The van der Waals surface area contributed by atoms with E-state index in [9.17, 15) is 13.2 Å². The van der Waals surface area contributed by atoms with Gasteiger partial charge >= 0.3 is 0 Å². The molecule has 2 aromatic carbocycles. The number of carbonyl (C=O) groups excluding carboxylic acids is 1. The van der Waals surface area contributed by atoms with Crippen LogP contribution in [0.15, 0.2) is 48.5 Å². The number of sulfonamides is 1. The van der Waals surface area contributed by atoms with Gasteiger partial charge in [-0.15, -0.1) is 0 Å². The fraction of sp³-hybridized carbons (Fsp3) is 0.381. The summed E-state index contributed by atoms with van der Waals surface area (Å²) in [6.07, 6.45) is 2.04. The minimum absolute atomic E-state index is 0.238. The third-order valence-electron chi connectivity index (χ3n) is 4.66. The number of aryl methyl sites for hydroxylation is 1. The SMILES string of the molecule is CCc1ccc([C@@H](C)NC(=O)[C@@H](C)N(c2ccc(OC)cc2)S(C)(=O)=O)cc1. The maximum absolute atomic E-state index is 12.8. The van der Waals surface area contributed by atoms with Crippen LogP contribution in [0.2, 0.25) is 0 Å². The van der Waals surface area contributed by atoms with Gasteiger partial charge in [-0.2, -0.15) is 0 Å². The van der Waals surface area contributed by atoms with Crippen molar-refractivity contribution in [1.82, 2.24) is 5.32 Å². The van der Waals surface area contributed by atoms with E-state index in [1.165, 1.54) is 12.7 Å². The Hall–Kier alpha value is -2.54. The molecule has 0 saturated carbocycles.